The van der Waals surface area contributed by atoms with E-state index in [1.807, 2.05) is 35.2 Å². The SMILES string of the molecule is CC(C)CN1CCN([C@@H]2CCOC3(CCN(C(=O)NCc4ccccc4)CC3)C2)CC1. The molecule has 3 aliphatic heterocycles. The number of carbonyl (C=O) groups is 1. The number of nitrogens with one attached hydrogen (secondary N) is 1. The highest BCUT2D eigenvalue weighted by molar-refractivity contribution is 5.74. The van der Waals surface area contributed by atoms with E-state index in [-0.39, 0.29) is 11.6 Å². The summed E-state index contributed by atoms with van der Waals surface area (Å²) in [7, 11) is 0. The Balaban J connectivity index is 1.23. The molecule has 6 nitrogen and oxygen atoms in total. The Morgan fingerprint density at radius 3 is 2.48 bits per heavy atom. The van der Waals surface area contributed by atoms with E-state index in [4.69, 9.17) is 4.74 Å². The monoisotopic (exact) mass is 428 g/mol. The molecule has 4 rings (SSSR count). The van der Waals surface area contributed by atoms with E-state index in [1.54, 1.807) is 0 Å². The normalized spacial score (nSPS) is 25.1. The third-order valence-electron chi connectivity index (χ3n) is 7.26. The van der Waals surface area contributed by atoms with Crippen LogP contribution in [0.4, 0.5) is 4.79 Å². The molecule has 1 atom stereocenters. The number of piperazine rings is 1. The number of hydrogen-bond acceptors (Lipinski definition) is 4. The first-order chi connectivity index (χ1) is 15.0. The summed E-state index contributed by atoms with van der Waals surface area (Å²) in [6.07, 6.45) is 4.18. The number of amides is 2. The number of urea groups is 1. The van der Waals surface area contributed by atoms with Crippen LogP contribution in [0, 0.1) is 5.92 Å². The molecular formula is C25H40N4O2. The van der Waals surface area contributed by atoms with Gasteiger partial charge in [-0.05, 0) is 37.2 Å². The quantitative estimate of drug-likeness (QED) is 0.783. The van der Waals surface area contributed by atoms with E-state index in [0.717, 1.165) is 56.9 Å². The molecule has 3 fully saturated rings. The lowest BCUT2D eigenvalue weighted by Crippen LogP contribution is -2.58. The lowest BCUT2D eigenvalue weighted by molar-refractivity contribution is -0.132. The molecule has 2 amide bonds. The summed E-state index contributed by atoms with van der Waals surface area (Å²) in [5.74, 6) is 0.743. The number of nitrogens with zero attached hydrogens (tertiary/aromatic N) is 3. The van der Waals surface area contributed by atoms with Crippen LogP contribution >= 0.6 is 0 Å². The van der Waals surface area contributed by atoms with E-state index >= 15 is 0 Å². The molecule has 3 saturated heterocycles. The first-order valence-corrected chi connectivity index (χ1v) is 12.2. The molecule has 0 bridgehead atoms. The van der Waals surface area contributed by atoms with Gasteiger partial charge in [0.2, 0.25) is 0 Å². The van der Waals surface area contributed by atoms with Crippen molar-refractivity contribution < 1.29 is 9.53 Å². The van der Waals surface area contributed by atoms with Crippen molar-refractivity contribution in [2.45, 2.75) is 57.7 Å². The van der Waals surface area contributed by atoms with Crippen LogP contribution in [0.3, 0.4) is 0 Å². The summed E-state index contributed by atoms with van der Waals surface area (Å²) >= 11 is 0. The molecule has 3 aliphatic rings. The molecule has 0 saturated carbocycles. The van der Waals surface area contributed by atoms with Crippen LogP contribution in [0.2, 0.25) is 0 Å². The Bertz CT molecular complexity index is 695. The minimum absolute atomic E-state index is 0.0335. The number of benzene rings is 1. The van der Waals surface area contributed by atoms with Gasteiger partial charge in [0.15, 0.2) is 0 Å². The molecule has 0 aliphatic carbocycles. The number of carbonyl (C=O) groups excluding carboxylic acids is 1. The second-order valence-electron chi connectivity index (χ2n) is 10.0. The second-order valence-corrected chi connectivity index (χ2v) is 10.0. The smallest absolute Gasteiger partial charge is 0.317 e. The van der Waals surface area contributed by atoms with Crippen molar-refractivity contribution in [3.05, 3.63) is 35.9 Å². The van der Waals surface area contributed by atoms with Crippen LogP contribution < -0.4 is 5.32 Å². The van der Waals surface area contributed by atoms with E-state index < -0.39 is 0 Å². The molecule has 0 radical (unpaired) electrons. The maximum absolute atomic E-state index is 12.6. The van der Waals surface area contributed by atoms with Gasteiger partial charge in [0.1, 0.15) is 0 Å². The van der Waals surface area contributed by atoms with E-state index in [2.05, 4.69) is 29.0 Å². The van der Waals surface area contributed by atoms with Gasteiger partial charge < -0.3 is 19.9 Å². The van der Waals surface area contributed by atoms with Gasteiger partial charge >= 0.3 is 6.03 Å². The number of likely N-dealkylation sites (tertiary alicyclic amines) is 1. The molecule has 1 N–H and O–H groups in total. The highest BCUT2D eigenvalue weighted by Crippen LogP contribution is 2.37. The van der Waals surface area contributed by atoms with Crippen molar-refractivity contribution in [3.63, 3.8) is 0 Å². The number of piperidine rings is 1. The van der Waals surface area contributed by atoms with Gasteiger partial charge in [0.25, 0.3) is 0 Å². The lowest BCUT2D eigenvalue weighted by Gasteiger charge is -2.49. The lowest BCUT2D eigenvalue weighted by atomic mass is 9.81. The van der Waals surface area contributed by atoms with E-state index in [9.17, 15) is 4.79 Å². The molecule has 0 unspecified atom stereocenters. The van der Waals surface area contributed by atoms with Gasteiger partial charge in [-0.15, -0.1) is 0 Å². The van der Waals surface area contributed by atoms with Crippen LogP contribution in [0.5, 0.6) is 0 Å². The summed E-state index contributed by atoms with van der Waals surface area (Å²) in [6.45, 7) is 13.6. The molecule has 0 aromatic heterocycles. The summed E-state index contributed by atoms with van der Waals surface area (Å²) in [5, 5.41) is 3.07. The average molecular weight is 429 g/mol. The summed E-state index contributed by atoms with van der Waals surface area (Å²) in [4.78, 5) is 19.9. The maximum atomic E-state index is 12.6. The summed E-state index contributed by atoms with van der Waals surface area (Å²) in [6, 6.07) is 10.8. The van der Waals surface area contributed by atoms with Crippen molar-refractivity contribution >= 4 is 6.03 Å². The highest BCUT2D eigenvalue weighted by Gasteiger charge is 2.42. The summed E-state index contributed by atoms with van der Waals surface area (Å²) in [5.41, 5.74) is 1.10. The fraction of sp³-hybridized carbons (Fsp3) is 0.720. The second kappa shape index (κ2) is 10.3. The van der Waals surface area contributed by atoms with Crippen molar-refractivity contribution in [1.82, 2.24) is 20.0 Å². The number of hydrogen-bond donors (Lipinski definition) is 1. The Labute approximate surface area is 187 Å². The number of rotatable bonds is 5. The van der Waals surface area contributed by atoms with Gasteiger partial charge in [0.05, 0.1) is 5.60 Å². The molecule has 1 aromatic rings. The molecule has 1 spiro atoms. The van der Waals surface area contributed by atoms with Crippen molar-refractivity contribution in [2.75, 3.05) is 52.4 Å². The Hall–Kier alpha value is -1.63. The first-order valence-electron chi connectivity index (χ1n) is 12.2. The van der Waals surface area contributed by atoms with E-state index in [1.165, 1.54) is 32.7 Å². The summed E-state index contributed by atoms with van der Waals surface area (Å²) < 4.78 is 6.36. The van der Waals surface area contributed by atoms with Crippen LogP contribution in [0.25, 0.3) is 0 Å². The Morgan fingerprint density at radius 2 is 1.81 bits per heavy atom. The zero-order valence-corrected chi connectivity index (χ0v) is 19.4. The topological polar surface area (TPSA) is 48.1 Å². The molecule has 31 heavy (non-hydrogen) atoms. The zero-order chi connectivity index (χ0) is 21.7. The third kappa shape index (κ3) is 5.99. The van der Waals surface area contributed by atoms with Gasteiger partial charge in [-0.2, -0.15) is 0 Å². The van der Waals surface area contributed by atoms with Crippen LogP contribution in [0.1, 0.15) is 45.1 Å². The van der Waals surface area contributed by atoms with E-state index in [0.29, 0.717) is 12.6 Å². The van der Waals surface area contributed by atoms with Crippen molar-refractivity contribution in [2.24, 2.45) is 5.92 Å². The van der Waals surface area contributed by atoms with Crippen molar-refractivity contribution in [3.8, 4) is 0 Å². The fourth-order valence-corrected chi connectivity index (χ4v) is 5.49. The molecule has 6 heteroatoms. The Kier molecular flexibility index (Phi) is 7.51. The molecular weight excluding hydrogens is 388 g/mol. The minimum Gasteiger partial charge on any atom is -0.375 e. The third-order valence-corrected chi connectivity index (χ3v) is 7.26. The van der Waals surface area contributed by atoms with Crippen LogP contribution in [-0.2, 0) is 11.3 Å². The van der Waals surface area contributed by atoms with Gasteiger partial charge in [-0.1, -0.05) is 44.2 Å². The van der Waals surface area contributed by atoms with Gasteiger partial charge in [-0.3, -0.25) is 4.90 Å². The predicted molar refractivity (Wildman–Crippen MR) is 124 cm³/mol. The molecule has 1 aromatic carbocycles. The minimum atomic E-state index is -0.0335. The average Bonchev–Trinajstić information content (AvgIpc) is 2.79. The maximum Gasteiger partial charge on any atom is 0.317 e. The predicted octanol–water partition coefficient (Wildman–Crippen LogP) is 3.18. The van der Waals surface area contributed by atoms with Crippen molar-refractivity contribution in [1.29, 1.82) is 0 Å². The van der Waals surface area contributed by atoms with Crippen LogP contribution in [-0.4, -0.2) is 84.8 Å². The van der Waals surface area contributed by atoms with Gasteiger partial charge in [0, 0.05) is 65.0 Å². The standard InChI is InChI=1S/C25H40N4O2/c1-21(2)20-27-13-15-28(16-14-27)23-8-17-31-25(18-23)9-11-29(12-10-25)24(30)26-19-22-6-4-3-5-7-22/h3-7,21,23H,8-20H2,1-2H3,(H,26,30)/t23-/m1/s1. The highest BCUT2D eigenvalue weighted by atomic mass is 16.5. The largest absolute Gasteiger partial charge is 0.375 e. The molecule has 3 heterocycles. The fourth-order valence-electron chi connectivity index (χ4n) is 5.49. The zero-order valence-electron chi connectivity index (χ0n) is 19.4. The molecule has 172 valence electrons. The first kappa shape index (κ1) is 22.6. The Morgan fingerprint density at radius 1 is 1.10 bits per heavy atom. The van der Waals surface area contributed by atoms with Gasteiger partial charge in [-0.25, -0.2) is 4.79 Å². The number of ether oxygens (including phenoxy) is 1. The van der Waals surface area contributed by atoms with Crippen LogP contribution in [0.15, 0.2) is 30.3 Å².